The summed E-state index contributed by atoms with van der Waals surface area (Å²) in [4.78, 5) is 23.8. The number of urea groups is 1. The third kappa shape index (κ3) is 5.18. The van der Waals surface area contributed by atoms with Gasteiger partial charge in [0.15, 0.2) is 0 Å². The van der Waals surface area contributed by atoms with Crippen LogP contribution >= 0.6 is 0 Å². The second-order valence-electron chi connectivity index (χ2n) is 8.35. The van der Waals surface area contributed by atoms with Crippen LogP contribution in [0.4, 0.5) is 10.6 Å². The molecule has 3 aliphatic heterocycles. The Kier molecular flexibility index (Phi) is 6.52. The number of likely N-dealkylation sites (N-methyl/N-ethyl adjacent to an activating group) is 1. The third-order valence-electron chi connectivity index (χ3n) is 6.38. The fourth-order valence-electron chi connectivity index (χ4n) is 4.27. The minimum atomic E-state index is -0.101. The molecular formula is C21H33N5O3. The number of pyridine rings is 1. The van der Waals surface area contributed by atoms with Gasteiger partial charge < -0.3 is 29.5 Å². The number of carbonyl (C=O) groups excluding carboxylic acids is 1. The van der Waals surface area contributed by atoms with E-state index in [-0.39, 0.29) is 11.6 Å². The highest BCUT2D eigenvalue weighted by Gasteiger charge is 2.36. The number of piperazine rings is 1. The van der Waals surface area contributed by atoms with Crippen LogP contribution in [0.15, 0.2) is 18.3 Å². The number of ether oxygens (including phenoxy) is 2. The Morgan fingerprint density at radius 2 is 1.86 bits per heavy atom. The highest BCUT2D eigenvalue weighted by Crippen LogP contribution is 2.30. The Balaban J connectivity index is 1.25. The Morgan fingerprint density at radius 1 is 1.07 bits per heavy atom. The molecule has 8 heteroatoms. The summed E-state index contributed by atoms with van der Waals surface area (Å²) in [5, 5.41) is 3.04. The van der Waals surface area contributed by atoms with Crippen molar-refractivity contribution in [2.24, 2.45) is 0 Å². The number of amides is 2. The van der Waals surface area contributed by atoms with Crippen LogP contribution in [0, 0.1) is 0 Å². The van der Waals surface area contributed by atoms with Crippen LogP contribution in [0.3, 0.4) is 0 Å². The van der Waals surface area contributed by atoms with Gasteiger partial charge in [0.2, 0.25) is 0 Å². The van der Waals surface area contributed by atoms with Gasteiger partial charge in [-0.25, -0.2) is 9.78 Å². The van der Waals surface area contributed by atoms with E-state index in [4.69, 9.17) is 9.47 Å². The highest BCUT2D eigenvalue weighted by atomic mass is 16.5. The van der Waals surface area contributed by atoms with Crippen LogP contribution in [0.5, 0.6) is 0 Å². The molecular weight excluding hydrogens is 370 g/mol. The van der Waals surface area contributed by atoms with Crippen molar-refractivity contribution in [3.63, 3.8) is 0 Å². The summed E-state index contributed by atoms with van der Waals surface area (Å²) >= 11 is 0. The zero-order valence-corrected chi connectivity index (χ0v) is 17.4. The summed E-state index contributed by atoms with van der Waals surface area (Å²) in [6, 6.07) is 4.09. The van der Waals surface area contributed by atoms with Crippen LogP contribution in [-0.4, -0.2) is 92.6 Å². The van der Waals surface area contributed by atoms with Gasteiger partial charge in [-0.1, -0.05) is 6.07 Å². The number of aromatic nitrogens is 1. The topological polar surface area (TPSA) is 70.2 Å². The number of rotatable bonds is 3. The van der Waals surface area contributed by atoms with Crippen molar-refractivity contribution in [3.05, 3.63) is 23.9 Å². The molecule has 4 heterocycles. The molecule has 29 heavy (non-hydrogen) atoms. The van der Waals surface area contributed by atoms with Crippen molar-refractivity contribution in [2.75, 3.05) is 71.0 Å². The fraction of sp³-hybridized carbons (Fsp3) is 0.714. The van der Waals surface area contributed by atoms with E-state index in [2.05, 4.69) is 39.3 Å². The summed E-state index contributed by atoms with van der Waals surface area (Å²) in [5.74, 6) is 1.01. The maximum atomic E-state index is 12.6. The van der Waals surface area contributed by atoms with E-state index in [1.165, 1.54) is 0 Å². The van der Waals surface area contributed by atoms with Crippen molar-refractivity contribution < 1.29 is 14.3 Å². The molecule has 1 aromatic heterocycles. The third-order valence-corrected chi connectivity index (χ3v) is 6.38. The molecule has 1 aromatic rings. The Morgan fingerprint density at radius 3 is 2.59 bits per heavy atom. The second-order valence-corrected chi connectivity index (χ2v) is 8.35. The molecule has 0 atom stereocenters. The lowest BCUT2D eigenvalue weighted by Crippen LogP contribution is -2.44. The van der Waals surface area contributed by atoms with Crippen molar-refractivity contribution in [1.29, 1.82) is 0 Å². The van der Waals surface area contributed by atoms with Crippen molar-refractivity contribution in [1.82, 2.24) is 20.1 Å². The van der Waals surface area contributed by atoms with Crippen molar-refractivity contribution in [3.8, 4) is 0 Å². The SMILES string of the molecule is CN1CCN(c2ccc(CNC(=O)N3CCOC4(CCOCC4)CC3)cn2)CC1. The monoisotopic (exact) mass is 403 g/mol. The number of nitrogens with one attached hydrogen (secondary N) is 1. The lowest BCUT2D eigenvalue weighted by atomic mass is 9.90. The van der Waals surface area contributed by atoms with Gasteiger partial charge in [0.1, 0.15) is 5.82 Å². The van der Waals surface area contributed by atoms with Crippen LogP contribution in [0.1, 0.15) is 24.8 Å². The molecule has 0 aliphatic carbocycles. The lowest BCUT2D eigenvalue weighted by Gasteiger charge is -2.35. The molecule has 1 N–H and O–H groups in total. The molecule has 3 aliphatic rings. The second kappa shape index (κ2) is 9.28. The number of hydrogen-bond acceptors (Lipinski definition) is 6. The predicted octanol–water partition coefficient (Wildman–Crippen LogP) is 1.31. The van der Waals surface area contributed by atoms with Crippen LogP contribution < -0.4 is 10.2 Å². The summed E-state index contributed by atoms with van der Waals surface area (Å²) in [6.07, 6.45) is 4.60. The van der Waals surface area contributed by atoms with Gasteiger partial charge in [0.05, 0.1) is 12.2 Å². The summed E-state index contributed by atoms with van der Waals surface area (Å²) in [5.41, 5.74) is 0.916. The number of anilines is 1. The van der Waals surface area contributed by atoms with Crippen LogP contribution in [-0.2, 0) is 16.0 Å². The number of carbonyl (C=O) groups is 1. The Labute approximate surface area is 173 Å². The first-order valence-corrected chi connectivity index (χ1v) is 10.8. The minimum Gasteiger partial charge on any atom is -0.381 e. The average Bonchev–Trinajstić information content (AvgIpc) is 2.96. The van der Waals surface area contributed by atoms with Gasteiger partial charge in [-0.3, -0.25) is 0 Å². The normalized spacial score (nSPS) is 23.1. The first-order valence-electron chi connectivity index (χ1n) is 10.8. The quantitative estimate of drug-likeness (QED) is 0.821. The van der Waals surface area contributed by atoms with Gasteiger partial charge in [-0.15, -0.1) is 0 Å². The molecule has 0 saturated carbocycles. The summed E-state index contributed by atoms with van der Waals surface area (Å²) < 4.78 is 11.6. The van der Waals surface area contributed by atoms with Crippen molar-refractivity contribution >= 4 is 11.8 Å². The number of hydrogen-bond donors (Lipinski definition) is 1. The van der Waals surface area contributed by atoms with Crippen LogP contribution in [0.2, 0.25) is 0 Å². The van der Waals surface area contributed by atoms with Gasteiger partial charge in [0, 0.05) is 65.2 Å². The predicted molar refractivity (Wildman–Crippen MR) is 111 cm³/mol. The van der Waals surface area contributed by atoms with E-state index in [9.17, 15) is 4.79 Å². The lowest BCUT2D eigenvalue weighted by molar-refractivity contribution is -0.105. The molecule has 0 aromatic carbocycles. The van der Waals surface area contributed by atoms with Gasteiger partial charge in [-0.05, 0) is 37.9 Å². The summed E-state index contributed by atoms with van der Waals surface area (Å²) in [7, 11) is 2.15. The van der Waals surface area contributed by atoms with E-state index in [1.54, 1.807) is 0 Å². The average molecular weight is 404 g/mol. The standard InChI is InChI=1S/C21H33N5O3/c1-24-8-10-25(11-9-24)19-3-2-18(16-22-19)17-23-20(27)26-7-4-21(29-15-12-26)5-13-28-14-6-21/h2-3,16H,4-15,17H2,1H3,(H,23,27). The Bertz CT molecular complexity index is 669. The first kappa shape index (κ1) is 20.4. The van der Waals surface area contributed by atoms with E-state index < -0.39 is 0 Å². The highest BCUT2D eigenvalue weighted by molar-refractivity contribution is 5.74. The Hall–Kier alpha value is -1.90. The zero-order valence-electron chi connectivity index (χ0n) is 17.4. The van der Waals surface area contributed by atoms with E-state index in [0.717, 1.165) is 76.6 Å². The van der Waals surface area contributed by atoms with E-state index in [1.807, 2.05) is 11.1 Å². The maximum Gasteiger partial charge on any atom is 0.317 e. The van der Waals surface area contributed by atoms with Gasteiger partial charge in [-0.2, -0.15) is 0 Å². The molecule has 0 unspecified atom stereocenters. The molecule has 8 nitrogen and oxygen atoms in total. The molecule has 0 radical (unpaired) electrons. The molecule has 2 amide bonds. The molecule has 3 fully saturated rings. The van der Waals surface area contributed by atoms with Crippen LogP contribution in [0.25, 0.3) is 0 Å². The molecule has 160 valence electrons. The van der Waals surface area contributed by atoms with E-state index >= 15 is 0 Å². The smallest absolute Gasteiger partial charge is 0.317 e. The minimum absolute atomic E-state index is 0.0270. The largest absolute Gasteiger partial charge is 0.381 e. The van der Waals surface area contributed by atoms with Gasteiger partial charge in [0.25, 0.3) is 0 Å². The summed E-state index contributed by atoms with van der Waals surface area (Å²) in [6.45, 7) is 8.09. The maximum absolute atomic E-state index is 12.6. The van der Waals surface area contributed by atoms with E-state index in [0.29, 0.717) is 19.7 Å². The van der Waals surface area contributed by atoms with Gasteiger partial charge >= 0.3 is 6.03 Å². The molecule has 0 bridgehead atoms. The van der Waals surface area contributed by atoms with Crippen molar-refractivity contribution in [2.45, 2.75) is 31.4 Å². The molecule has 1 spiro atoms. The molecule has 3 saturated heterocycles. The molecule has 4 rings (SSSR count). The number of nitrogens with zero attached hydrogens (tertiary/aromatic N) is 4. The first-order chi connectivity index (χ1) is 14.1. The zero-order chi connectivity index (χ0) is 20.1. The fourth-order valence-corrected chi connectivity index (χ4v) is 4.27.